The maximum absolute atomic E-state index is 12.3. The van der Waals surface area contributed by atoms with Gasteiger partial charge in [-0.25, -0.2) is 9.97 Å². The number of hydrogen-bond donors (Lipinski definition) is 2. The summed E-state index contributed by atoms with van der Waals surface area (Å²) in [6, 6.07) is 7.36. The zero-order valence-corrected chi connectivity index (χ0v) is 12.0. The monoisotopic (exact) mass is 308 g/mol. The Morgan fingerprint density at radius 1 is 1.30 bits per heavy atom. The molecule has 0 fully saturated rings. The van der Waals surface area contributed by atoms with Gasteiger partial charge in [0, 0.05) is 12.1 Å². The lowest BCUT2D eigenvalue weighted by Gasteiger charge is -2.15. The van der Waals surface area contributed by atoms with Gasteiger partial charge in [0.25, 0.3) is 5.91 Å². The minimum atomic E-state index is -0.313. The zero-order valence-electron chi connectivity index (χ0n) is 12.0. The molecule has 0 saturated carbocycles. The van der Waals surface area contributed by atoms with E-state index in [1.54, 1.807) is 12.3 Å². The number of amides is 2. The number of fused-ring (bicyclic) bond motifs is 2. The van der Waals surface area contributed by atoms with Crippen molar-refractivity contribution in [3.8, 4) is 0 Å². The van der Waals surface area contributed by atoms with Gasteiger partial charge in [0.2, 0.25) is 5.91 Å². The molecule has 0 radical (unpaired) electrons. The topological polar surface area (TPSA) is 104 Å². The van der Waals surface area contributed by atoms with Gasteiger partial charge in [0.05, 0.1) is 11.6 Å². The molecule has 8 nitrogen and oxygen atoms in total. The quantitative estimate of drug-likeness (QED) is 0.749. The van der Waals surface area contributed by atoms with Crippen LogP contribution in [0.5, 0.6) is 0 Å². The van der Waals surface area contributed by atoms with E-state index in [0.717, 1.165) is 5.56 Å². The summed E-state index contributed by atoms with van der Waals surface area (Å²) in [7, 11) is 0. The predicted octanol–water partition coefficient (Wildman–Crippen LogP) is 0.947. The van der Waals surface area contributed by atoms with E-state index in [2.05, 4.69) is 25.5 Å². The number of nitrogens with one attached hydrogen (secondary N) is 2. The van der Waals surface area contributed by atoms with E-state index in [1.807, 2.05) is 18.2 Å². The fourth-order valence-corrected chi connectivity index (χ4v) is 2.65. The van der Waals surface area contributed by atoms with Gasteiger partial charge in [-0.3, -0.25) is 14.7 Å². The Labute approximate surface area is 130 Å². The van der Waals surface area contributed by atoms with E-state index in [4.69, 9.17) is 0 Å². The van der Waals surface area contributed by atoms with E-state index >= 15 is 0 Å². The molecule has 0 aliphatic carbocycles. The van der Waals surface area contributed by atoms with Crippen molar-refractivity contribution in [1.82, 2.24) is 25.1 Å². The van der Waals surface area contributed by atoms with Crippen LogP contribution in [-0.2, 0) is 11.3 Å². The highest BCUT2D eigenvalue weighted by atomic mass is 16.2. The summed E-state index contributed by atoms with van der Waals surface area (Å²) in [5, 5.41) is 9.90. The summed E-state index contributed by atoms with van der Waals surface area (Å²) in [5.41, 5.74) is 2.13. The van der Waals surface area contributed by atoms with Gasteiger partial charge in [-0.2, -0.15) is 5.10 Å². The van der Waals surface area contributed by atoms with Crippen molar-refractivity contribution >= 4 is 28.7 Å². The standard InChI is InChI=1S/C15H12N6O2/c22-12(19-13-11-5-18-20-14(11)17-8-16-13)7-21-6-9-3-1-2-4-10(9)15(21)23/h1-5,8H,6-7H2,(H2,16,17,18,19,20,22). The van der Waals surface area contributed by atoms with Gasteiger partial charge >= 0.3 is 0 Å². The van der Waals surface area contributed by atoms with Crippen molar-refractivity contribution in [3.05, 3.63) is 47.9 Å². The molecular weight excluding hydrogens is 296 g/mol. The second-order valence-electron chi connectivity index (χ2n) is 5.22. The summed E-state index contributed by atoms with van der Waals surface area (Å²) in [6.07, 6.45) is 2.88. The lowest BCUT2D eigenvalue weighted by Crippen LogP contribution is -2.33. The number of rotatable bonds is 3. The molecule has 3 heterocycles. The van der Waals surface area contributed by atoms with E-state index < -0.39 is 0 Å². The molecule has 0 saturated heterocycles. The molecule has 1 aliphatic rings. The molecule has 3 aromatic rings. The summed E-state index contributed by atoms with van der Waals surface area (Å²) < 4.78 is 0. The Balaban J connectivity index is 1.49. The molecule has 2 N–H and O–H groups in total. The van der Waals surface area contributed by atoms with E-state index in [-0.39, 0.29) is 18.4 Å². The molecule has 23 heavy (non-hydrogen) atoms. The highest BCUT2D eigenvalue weighted by molar-refractivity contribution is 6.03. The molecule has 114 valence electrons. The maximum atomic E-state index is 12.3. The summed E-state index contributed by atoms with van der Waals surface area (Å²) in [4.78, 5) is 34.1. The third kappa shape index (κ3) is 2.30. The van der Waals surface area contributed by atoms with Crippen molar-refractivity contribution in [2.75, 3.05) is 11.9 Å². The zero-order chi connectivity index (χ0) is 15.8. The smallest absolute Gasteiger partial charge is 0.254 e. The van der Waals surface area contributed by atoms with Crippen molar-refractivity contribution in [2.45, 2.75) is 6.54 Å². The summed E-state index contributed by atoms with van der Waals surface area (Å²) >= 11 is 0. The van der Waals surface area contributed by atoms with Crippen LogP contribution >= 0.6 is 0 Å². The first-order chi connectivity index (χ1) is 11.2. The van der Waals surface area contributed by atoms with Gasteiger partial charge in [0.15, 0.2) is 5.65 Å². The van der Waals surface area contributed by atoms with Crippen LogP contribution in [0.2, 0.25) is 0 Å². The van der Waals surface area contributed by atoms with Crippen molar-refractivity contribution in [1.29, 1.82) is 0 Å². The second kappa shape index (κ2) is 5.16. The van der Waals surface area contributed by atoms with Gasteiger partial charge in [-0.1, -0.05) is 18.2 Å². The first-order valence-electron chi connectivity index (χ1n) is 7.03. The largest absolute Gasteiger partial charge is 0.325 e. The van der Waals surface area contributed by atoms with Crippen molar-refractivity contribution in [3.63, 3.8) is 0 Å². The number of anilines is 1. The van der Waals surface area contributed by atoms with Gasteiger partial charge in [-0.15, -0.1) is 0 Å². The Bertz CT molecular complexity index is 919. The predicted molar refractivity (Wildman–Crippen MR) is 81.5 cm³/mol. The van der Waals surface area contributed by atoms with Gasteiger partial charge in [0.1, 0.15) is 18.7 Å². The summed E-state index contributed by atoms with van der Waals surface area (Å²) in [6.45, 7) is 0.407. The van der Waals surface area contributed by atoms with Crippen LogP contribution < -0.4 is 5.32 Å². The first-order valence-corrected chi connectivity index (χ1v) is 7.03. The molecule has 4 rings (SSSR count). The number of carbonyl (C=O) groups excluding carboxylic acids is 2. The molecule has 2 amide bonds. The molecule has 0 unspecified atom stereocenters. The van der Waals surface area contributed by atoms with E-state index in [0.29, 0.717) is 29.0 Å². The van der Waals surface area contributed by atoms with Crippen LogP contribution in [0.3, 0.4) is 0 Å². The summed E-state index contributed by atoms with van der Waals surface area (Å²) in [5.74, 6) is -0.0721. The lowest BCUT2D eigenvalue weighted by molar-refractivity contribution is -0.116. The average molecular weight is 308 g/mol. The number of hydrogen-bond acceptors (Lipinski definition) is 5. The van der Waals surface area contributed by atoms with E-state index in [1.165, 1.54) is 11.2 Å². The molecule has 2 aromatic heterocycles. The molecule has 1 aromatic carbocycles. The first kappa shape index (κ1) is 13.4. The number of carbonyl (C=O) groups is 2. The molecule has 0 spiro atoms. The number of aromatic nitrogens is 4. The SMILES string of the molecule is O=C(CN1Cc2ccccc2C1=O)Nc1ncnc2[nH]ncc12. The van der Waals surface area contributed by atoms with E-state index in [9.17, 15) is 9.59 Å². The Morgan fingerprint density at radius 2 is 2.17 bits per heavy atom. The maximum Gasteiger partial charge on any atom is 0.254 e. The number of benzene rings is 1. The normalized spacial score (nSPS) is 13.4. The number of aromatic amines is 1. The molecule has 0 bridgehead atoms. The minimum Gasteiger partial charge on any atom is -0.325 e. The third-order valence-electron chi connectivity index (χ3n) is 3.74. The van der Waals surface area contributed by atoms with Crippen LogP contribution in [-0.4, -0.2) is 43.4 Å². The Morgan fingerprint density at radius 3 is 3.04 bits per heavy atom. The van der Waals surface area contributed by atoms with Crippen LogP contribution in [0.4, 0.5) is 5.82 Å². The van der Waals surface area contributed by atoms with Crippen LogP contribution in [0.15, 0.2) is 36.8 Å². The van der Waals surface area contributed by atoms with Crippen LogP contribution in [0.25, 0.3) is 11.0 Å². The highest BCUT2D eigenvalue weighted by Gasteiger charge is 2.28. The van der Waals surface area contributed by atoms with Crippen LogP contribution in [0, 0.1) is 0 Å². The average Bonchev–Trinajstić information content (AvgIpc) is 3.14. The van der Waals surface area contributed by atoms with Crippen molar-refractivity contribution < 1.29 is 9.59 Å². The fraction of sp³-hybridized carbons (Fsp3) is 0.133. The van der Waals surface area contributed by atoms with Gasteiger partial charge in [-0.05, 0) is 11.6 Å². The molecule has 8 heteroatoms. The molecule has 1 aliphatic heterocycles. The molecular formula is C15H12N6O2. The number of nitrogens with zero attached hydrogens (tertiary/aromatic N) is 4. The minimum absolute atomic E-state index is 0.0309. The van der Waals surface area contributed by atoms with Gasteiger partial charge < -0.3 is 10.2 Å². The third-order valence-corrected chi connectivity index (χ3v) is 3.74. The van der Waals surface area contributed by atoms with Crippen LogP contribution in [0.1, 0.15) is 15.9 Å². The highest BCUT2D eigenvalue weighted by Crippen LogP contribution is 2.22. The Hall–Kier alpha value is -3.29. The number of H-pyrrole nitrogens is 1. The molecule has 0 atom stereocenters. The second-order valence-corrected chi connectivity index (χ2v) is 5.22. The fourth-order valence-electron chi connectivity index (χ4n) is 2.65. The Kier molecular flexibility index (Phi) is 3.00. The van der Waals surface area contributed by atoms with Crippen molar-refractivity contribution in [2.24, 2.45) is 0 Å². The lowest BCUT2D eigenvalue weighted by atomic mass is 10.1.